The van der Waals surface area contributed by atoms with E-state index in [-0.39, 0.29) is 12.3 Å². The third-order valence-corrected chi connectivity index (χ3v) is 5.14. The molecule has 31 heavy (non-hydrogen) atoms. The number of methoxy groups -OCH3 is 1. The van der Waals surface area contributed by atoms with Crippen molar-refractivity contribution in [2.75, 3.05) is 31.9 Å². The van der Waals surface area contributed by atoms with Crippen LogP contribution in [0.2, 0.25) is 0 Å². The molecule has 1 aliphatic heterocycles. The molecular formula is C23H30N6O2. The summed E-state index contributed by atoms with van der Waals surface area (Å²) >= 11 is 0. The molecule has 1 N–H and O–H groups in total. The maximum absolute atomic E-state index is 5.78. The first kappa shape index (κ1) is 21.3. The van der Waals surface area contributed by atoms with Crippen molar-refractivity contribution in [3.63, 3.8) is 0 Å². The van der Waals surface area contributed by atoms with Crippen LogP contribution < -0.4 is 15.0 Å². The van der Waals surface area contributed by atoms with Crippen LogP contribution in [0.4, 0.5) is 5.82 Å². The number of hydrogen-bond donors (Lipinski definition) is 1. The first-order chi connectivity index (χ1) is 14.9. The Labute approximate surface area is 183 Å². The maximum Gasteiger partial charge on any atom is 0.188 e. The van der Waals surface area contributed by atoms with Gasteiger partial charge in [0, 0.05) is 49.7 Å². The predicted octanol–water partition coefficient (Wildman–Crippen LogP) is 3.28. The van der Waals surface area contributed by atoms with Gasteiger partial charge in [-0.1, -0.05) is 6.07 Å². The Balaban J connectivity index is 1.51. The summed E-state index contributed by atoms with van der Waals surface area (Å²) in [7, 11) is 1.60. The molecule has 1 aromatic carbocycles. The van der Waals surface area contributed by atoms with Gasteiger partial charge in [-0.05, 0) is 57.5 Å². The van der Waals surface area contributed by atoms with Crippen LogP contribution in [0.1, 0.15) is 27.2 Å². The highest BCUT2D eigenvalue weighted by Gasteiger charge is 2.26. The molecule has 164 valence electrons. The highest BCUT2D eigenvalue weighted by molar-refractivity contribution is 5.65. The van der Waals surface area contributed by atoms with Gasteiger partial charge >= 0.3 is 0 Å². The van der Waals surface area contributed by atoms with E-state index in [2.05, 4.69) is 46.3 Å². The molecule has 0 spiro atoms. The first-order valence-electron chi connectivity index (χ1n) is 10.6. The molecule has 0 bridgehead atoms. The lowest BCUT2D eigenvalue weighted by molar-refractivity contribution is 0.0510. The molecule has 1 fully saturated rings. The normalized spacial score (nSPS) is 16.6. The van der Waals surface area contributed by atoms with Gasteiger partial charge in [0.05, 0.1) is 5.69 Å². The van der Waals surface area contributed by atoms with Crippen LogP contribution in [0.5, 0.6) is 5.75 Å². The minimum Gasteiger partial charge on any atom is -0.465 e. The number of aromatic nitrogens is 4. The summed E-state index contributed by atoms with van der Waals surface area (Å²) in [5.41, 5.74) is 2.67. The van der Waals surface area contributed by atoms with Gasteiger partial charge < -0.3 is 19.7 Å². The number of anilines is 1. The Morgan fingerprint density at radius 2 is 2.03 bits per heavy atom. The molecule has 3 aromatic rings. The summed E-state index contributed by atoms with van der Waals surface area (Å²) in [6.45, 7) is 8.68. The highest BCUT2D eigenvalue weighted by atomic mass is 16.7. The van der Waals surface area contributed by atoms with Crippen molar-refractivity contribution >= 4 is 5.82 Å². The van der Waals surface area contributed by atoms with Gasteiger partial charge in [-0.3, -0.25) is 0 Å². The molecule has 0 saturated carbocycles. The highest BCUT2D eigenvalue weighted by Crippen LogP contribution is 2.29. The van der Waals surface area contributed by atoms with Crippen molar-refractivity contribution in [2.24, 2.45) is 0 Å². The topological polar surface area (TPSA) is 77.3 Å². The second kappa shape index (κ2) is 9.03. The van der Waals surface area contributed by atoms with Gasteiger partial charge in [0.2, 0.25) is 0 Å². The Hall–Kier alpha value is -2.97. The molecule has 4 rings (SSSR count). The van der Waals surface area contributed by atoms with Gasteiger partial charge in [0.15, 0.2) is 12.6 Å². The SMILES string of the molecule is COCOc1cc(-c2ccc(N3CCC(NC(C)(C)C)C3)nn2)ccc1-n1cccn1. The maximum atomic E-state index is 5.78. The number of ether oxygens (including phenoxy) is 2. The van der Waals surface area contributed by atoms with Gasteiger partial charge in [-0.15, -0.1) is 10.2 Å². The van der Waals surface area contributed by atoms with Gasteiger partial charge in [0.1, 0.15) is 11.4 Å². The van der Waals surface area contributed by atoms with Gasteiger partial charge in [-0.25, -0.2) is 4.68 Å². The van der Waals surface area contributed by atoms with Crippen molar-refractivity contribution in [1.29, 1.82) is 0 Å². The minimum absolute atomic E-state index is 0.112. The van der Waals surface area contributed by atoms with E-state index in [9.17, 15) is 0 Å². The zero-order valence-corrected chi connectivity index (χ0v) is 18.6. The number of benzene rings is 1. The summed E-state index contributed by atoms with van der Waals surface area (Å²) in [5.74, 6) is 1.58. The standard InChI is InChI=1S/C23H30N6O2/c1-23(2,3)25-18-10-13-28(15-18)22-9-7-19(26-27-22)17-6-8-20(29-12-5-11-24-29)21(14-17)31-16-30-4/h5-9,11-12,14,18,25H,10,13,15-16H2,1-4H3. The fourth-order valence-corrected chi connectivity index (χ4v) is 3.86. The summed E-state index contributed by atoms with van der Waals surface area (Å²) in [4.78, 5) is 2.29. The molecule has 1 unspecified atom stereocenters. The van der Waals surface area contributed by atoms with Crippen molar-refractivity contribution in [3.05, 3.63) is 48.8 Å². The monoisotopic (exact) mass is 422 g/mol. The van der Waals surface area contributed by atoms with E-state index >= 15 is 0 Å². The molecule has 2 aromatic heterocycles. The number of hydrogen-bond acceptors (Lipinski definition) is 7. The smallest absolute Gasteiger partial charge is 0.188 e. The summed E-state index contributed by atoms with van der Waals surface area (Å²) in [6.07, 6.45) is 4.72. The van der Waals surface area contributed by atoms with E-state index in [0.717, 1.165) is 42.3 Å². The lowest BCUT2D eigenvalue weighted by atomic mass is 10.1. The molecule has 8 nitrogen and oxygen atoms in total. The Morgan fingerprint density at radius 3 is 2.71 bits per heavy atom. The van der Waals surface area contributed by atoms with Crippen LogP contribution in [0.25, 0.3) is 16.9 Å². The van der Waals surface area contributed by atoms with Crippen LogP contribution >= 0.6 is 0 Å². The van der Waals surface area contributed by atoms with Gasteiger partial charge in [-0.2, -0.15) is 5.10 Å². The van der Waals surface area contributed by atoms with Crippen molar-refractivity contribution < 1.29 is 9.47 Å². The van der Waals surface area contributed by atoms with Crippen molar-refractivity contribution in [3.8, 4) is 22.7 Å². The van der Waals surface area contributed by atoms with Gasteiger partial charge in [0.25, 0.3) is 0 Å². The summed E-state index contributed by atoms with van der Waals surface area (Å²) < 4.78 is 12.6. The van der Waals surface area contributed by atoms with E-state index in [1.54, 1.807) is 18.0 Å². The molecule has 3 heterocycles. The molecule has 0 aliphatic carbocycles. The quantitative estimate of drug-likeness (QED) is 0.586. The second-order valence-corrected chi connectivity index (χ2v) is 8.79. The molecular weight excluding hydrogens is 392 g/mol. The Kier molecular flexibility index (Phi) is 6.20. The minimum atomic E-state index is 0.112. The third kappa shape index (κ3) is 5.21. The number of rotatable bonds is 7. The molecule has 0 radical (unpaired) electrons. The molecule has 1 aliphatic rings. The third-order valence-electron chi connectivity index (χ3n) is 5.14. The van der Waals surface area contributed by atoms with Crippen LogP contribution in [-0.2, 0) is 4.74 Å². The fraction of sp³-hybridized carbons (Fsp3) is 0.435. The number of nitrogens with one attached hydrogen (secondary N) is 1. The largest absolute Gasteiger partial charge is 0.465 e. The van der Waals surface area contributed by atoms with Crippen LogP contribution in [-0.4, -0.2) is 58.6 Å². The average molecular weight is 423 g/mol. The predicted molar refractivity (Wildman–Crippen MR) is 121 cm³/mol. The second-order valence-electron chi connectivity index (χ2n) is 8.79. The van der Waals surface area contributed by atoms with E-state index in [4.69, 9.17) is 9.47 Å². The van der Waals surface area contributed by atoms with E-state index in [1.807, 2.05) is 42.6 Å². The lowest BCUT2D eigenvalue weighted by Crippen LogP contribution is -2.45. The molecule has 0 amide bonds. The summed E-state index contributed by atoms with van der Waals surface area (Å²) in [5, 5.41) is 17.0. The lowest BCUT2D eigenvalue weighted by Gasteiger charge is -2.26. The fourth-order valence-electron chi connectivity index (χ4n) is 3.86. The molecule has 1 atom stereocenters. The zero-order chi connectivity index (χ0) is 21.8. The number of nitrogens with zero attached hydrogens (tertiary/aromatic N) is 5. The Bertz CT molecular complexity index is 982. The molecule has 8 heteroatoms. The van der Waals surface area contributed by atoms with Crippen LogP contribution in [0.15, 0.2) is 48.8 Å². The zero-order valence-electron chi connectivity index (χ0n) is 18.6. The van der Waals surface area contributed by atoms with E-state index in [0.29, 0.717) is 11.8 Å². The van der Waals surface area contributed by atoms with Crippen LogP contribution in [0.3, 0.4) is 0 Å². The van der Waals surface area contributed by atoms with Crippen LogP contribution in [0, 0.1) is 0 Å². The van der Waals surface area contributed by atoms with Crippen molar-refractivity contribution in [2.45, 2.75) is 38.8 Å². The average Bonchev–Trinajstić information content (AvgIpc) is 3.43. The molecule has 1 saturated heterocycles. The Morgan fingerprint density at radius 1 is 1.16 bits per heavy atom. The summed E-state index contributed by atoms with van der Waals surface area (Å²) in [6, 6.07) is 12.3. The van der Waals surface area contributed by atoms with E-state index in [1.165, 1.54) is 0 Å². The van der Waals surface area contributed by atoms with E-state index < -0.39 is 0 Å². The van der Waals surface area contributed by atoms with Crippen molar-refractivity contribution in [1.82, 2.24) is 25.3 Å². The first-order valence-corrected chi connectivity index (χ1v) is 10.6.